The maximum absolute atomic E-state index is 12.6. The van der Waals surface area contributed by atoms with Gasteiger partial charge in [0, 0.05) is 61.4 Å². The average Bonchev–Trinajstić information content (AvgIpc) is 2.74. The van der Waals surface area contributed by atoms with E-state index in [2.05, 4.69) is 20.5 Å². The number of hydrogen-bond acceptors (Lipinski definition) is 4. The van der Waals surface area contributed by atoms with E-state index in [1.54, 1.807) is 0 Å². The summed E-state index contributed by atoms with van der Waals surface area (Å²) >= 11 is 5.92. The number of hydrogen-bond donors (Lipinski definition) is 2. The molecule has 0 atom stereocenters. The third-order valence-corrected chi connectivity index (χ3v) is 6.07. The normalized spacial score (nSPS) is 14.8. The van der Waals surface area contributed by atoms with E-state index in [0.717, 1.165) is 55.1 Å². The Morgan fingerprint density at radius 1 is 1.12 bits per heavy atom. The number of aromatic nitrogens is 1. The van der Waals surface area contributed by atoms with E-state index in [-0.39, 0.29) is 18.0 Å². The van der Waals surface area contributed by atoms with Crippen LogP contribution in [0.3, 0.4) is 0 Å². The Kier molecular flexibility index (Phi) is 8.47. The van der Waals surface area contributed by atoms with Crippen LogP contribution < -0.4 is 10.6 Å². The molecular formula is C24H32ClN5O2. The minimum Gasteiger partial charge on any atom is -0.342 e. The van der Waals surface area contributed by atoms with Crippen molar-refractivity contribution in [1.29, 1.82) is 0 Å². The lowest BCUT2D eigenvalue weighted by Gasteiger charge is -2.36. The number of likely N-dealkylation sites (N-methyl/N-ethyl adjacent to an activating group) is 1. The first-order valence-corrected chi connectivity index (χ1v) is 11.4. The summed E-state index contributed by atoms with van der Waals surface area (Å²) in [5.74, 6) is 0.130. The molecule has 0 spiro atoms. The summed E-state index contributed by atoms with van der Waals surface area (Å²) in [5.41, 5.74) is 3.48. The van der Waals surface area contributed by atoms with E-state index in [1.165, 1.54) is 0 Å². The SMILES string of the molecule is Cc1cc(NC(=O)NCCN2CCC(N(C)C(=O)Cc3ccc(Cl)cc3)CC2)cc(C)n1. The number of piperidine rings is 1. The van der Waals surface area contributed by atoms with Crippen molar-refractivity contribution in [3.05, 3.63) is 58.4 Å². The lowest BCUT2D eigenvalue weighted by Crippen LogP contribution is -2.47. The second-order valence-corrected chi connectivity index (χ2v) is 8.84. The van der Waals surface area contributed by atoms with Crippen molar-refractivity contribution in [2.45, 2.75) is 39.2 Å². The molecular weight excluding hydrogens is 426 g/mol. The van der Waals surface area contributed by atoms with Gasteiger partial charge in [0.25, 0.3) is 0 Å². The predicted molar refractivity (Wildman–Crippen MR) is 128 cm³/mol. The van der Waals surface area contributed by atoms with Gasteiger partial charge in [0.15, 0.2) is 0 Å². The smallest absolute Gasteiger partial charge is 0.319 e. The summed E-state index contributed by atoms with van der Waals surface area (Å²) in [4.78, 5) is 33.3. The molecule has 3 rings (SSSR count). The second kappa shape index (κ2) is 11.3. The molecule has 0 aliphatic carbocycles. The summed E-state index contributed by atoms with van der Waals surface area (Å²) in [6, 6.07) is 11.2. The Balaban J connectivity index is 1.35. The third kappa shape index (κ3) is 7.21. The number of rotatable bonds is 7. The molecule has 1 aromatic heterocycles. The van der Waals surface area contributed by atoms with Crippen molar-refractivity contribution < 1.29 is 9.59 Å². The van der Waals surface area contributed by atoms with E-state index >= 15 is 0 Å². The van der Waals surface area contributed by atoms with Crippen molar-refractivity contribution in [2.24, 2.45) is 0 Å². The monoisotopic (exact) mass is 457 g/mol. The molecule has 1 saturated heterocycles. The highest BCUT2D eigenvalue weighted by Crippen LogP contribution is 2.17. The van der Waals surface area contributed by atoms with Gasteiger partial charge >= 0.3 is 6.03 Å². The van der Waals surface area contributed by atoms with Crippen LogP contribution in [0.4, 0.5) is 10.5 Å². The topological polar surface area (TPSA) is 77.6 Å². The lowest BCUT2D eigenvalue weighted by molar-refractivity contribution is -0.132. The molecule has 0 unspecified atom stereocenters. The van der Waals surface area contributed by atoms with Gasteiger partial charge in [-0.15, -0.1) is 0 Å². The van der Waals surface area contributed by atoms with Crippen LogP contribution in [-0.2, 0) is 11.2 Å². The van der Waals surface area contributed by atoms with Crippen LogP contribution in [0.1, 0.15) is 29.8 Å². The van der Waals surface area contributed by atoms with Crippen LogP contribution >= 0.6 is 11.6 Å². The Bertz CT molecular complexity index is 906. The first kappa shape index (κ1) is 24.0. The molecule has 1 fully saturated rings. The molecule has 1 aliphatic rings. The number of pyridine rings is 1. The highest BCUT2D eigenvalue weighted by molar-refractivity contribution is 6.30. The summed E-state index contributed by atoms with van der Waals surface area (Å²) in [5, 5.41) is 6.45. The first-order valence-electron chi connectivity index (χ1n) is 11.0. The molecule has 2 aromatic rings. The number of urea groups is 1. The number of amides is 3. The summed E-state index contributed by atoms with van der Waals surface area (Å²) < 4.78 is 0. The first-order chi connectivity index (χ1) is 15.3. The molecule has 1 aliphatic heterocycles. The van der Waals surface area contributed by atoms with Crippen LogP contribution in [0.2, 0.25) is 5.02 Å². The van der Waals surface area contributed by atoms with Gasteiger partial charge in [-0.05, 0) is 56.5 Å². The molecule has 2 heterocycles. The Hall–Kier alpha value is -2.64. The van der Waals surface area contributed by atoms with Crippen molar-refractivity contribution >= 4 is 29.2 Å². The number of benzene rings is 1. The van der Waals surface area contributed by atoms with Gasteiger partial charge in [-0.3, -0.25) is 9.78 Å². The number of anilines is 1. The maximum atomic E-state index is 12.6. The van der Waals surface area contributed by atoms with E-state index < -0.39 is 0 Å². The maximum Gasteiger partial charge on any atom is 0.319 e. The summed E-state index contributed by atoms with van der Waals surface area (Å²) in [6.07, 6.45) is 2.26. The highest BCUT2D eigenvalue weighted by atomic mass is 35.5. The van der Waals surface area contributed by atoms with E-state index in [0.29, 0.717) is 18.0 Å². The van der Waals surface area contributed by atoms with E-state index in [9.17, 15) is 9.59 Å². The Morgan fingerprint density at radius 2 is 1.75 bits per heavy atom. The van der Waals surface area contributed by atoms with Crippen LogP contribution in [0, 0.1) is 13.8 Å². The van der Waals surface area contributed by atoms with Gasteiger partial charge in [-0.25, -0.2) is 4.79 Å². The molecule has 32 heavy (non-hydrogen) atoms. The molecule has 0 radical (unpaired) electrons. The molecule has 0 bridgehead atoms. The van der Waals surface area contributed by atoms with Gasteiger partial charge in [-0.1, -0.05) is 23.7 Å². The Labute approximate surface area is 195 Å². The molecule has 172 valence electrons. The van der Waals surface area contributed by atoms with Crippen LogP contribution in [0.5, 0.6) is 0 Å². The molecule has 2 N–H and O–H groups in total. The fourth-order valence-corrected chi connectivity index (χ4v) is 4.17. The number of halogens is 1. The van der Waals surface area contributed by atoms with E-state index in [1.807, 2.05) is 62.2 Å². The largest absolute Gasteiger partial charge is 0.342 e. The number of nitrogens with zero attached hydrogens (tertiary/aromatic N) is 3. The number of aryl methyl sites for hydroxylation is 2. The molecule has 0 saturated carbocycles. The number of carbonyl (C=O) groups excluding carboxylic acids is 2. The zero-order chi connectivity index (χ0) is 23.1. The number of likely N-dealkylation sites (tertiary alicyclic amines) is 1. The van der Waals surface area contributed by atoms with Crippen LogP contribution in [0.25, 0.3) is 0 Å². The standard InChI is InChI=1S/C24H32ClN5O2/c1-17-14-21(15-18(2)27-17)28-24(32)26-10-13-30-11-8-22(9-12-30)29(3)23(31)16-19-4-6-20(25)7-5-19/h4-7,14-15,22H,8-13,16H2,1-3H3,(H2,26,27,28,32). The fraction of sp³-hybridized carbons (Fsp3) is 0.458. The van der Waals surface area contributed by atoms with E-state index in [4.69, 9.17) is 11.6 Å². The minimum atomic E-state index is -0.211. The van der Waals surface area contributed by atoms with Gasteiger partial charge in [0.1, 0.15) is 0 Å². The quantitative estimate of drug-likeness (QED) is 0.665. The lowest BCUT2D eigenvalue weighted by atomic mass is 10.0. The van der Waals surface area contributed by atoms with Gasteiger partial charge in [-0.2, -0.15) is 0 Å². The third-order valence-electron chi connectivity index (χ3n) is 5.82. The van der Waals surface area contributed by atoms with Crippen molar-refractivity contribution in [3.63, 3.8) is 0 Å². The van der Waals surface area contributed by atoms with Crippen molar-refractivity contribution in [2.75, 3.05) is 38.5 Å². The van der Waals surface area contributed by atoms with Gasteiger partial charge in [0.2, 0.25) is 5.91 Å². The fourth-order valence-electron chi connectivity index (χ4n) is 4.04. The van der Waals surface area contributed by atoms with Crippen molar-refractivity contribution in [3.8, 4) is 0 Å². The molecule has 3 amide bonds. The predicted octanol–water partition coefficient (Wildman–Crippen LogP) is 3.64. The second-order valence-electron chi connectivity index (χ2n) is 8.40. The molecule has 7 nitrogen and oxygen atoms in total. The zero-order valence-corrected chi connectivity index (χ0v) is 19.8. The number of nitrogens with one attached hydrogen (secondary N) is 2. The number of carbonyl (C=O) groups is 2. The average molecular weight is 458 g/mol. The van der Waals surface area contributed by atoms with Crippen molar-refractivity contribution in [1.82, 2.24) is 20.1 Å². The zero-order valence-electron chi connectivity index (χ0n) is 19.0. The summed E-state index contributed by atoms with van der Waals surface area (Å²) in [6.45, 7) is 7.00. The summed E-state index contributed by atoms with van der Waals surface area (Å²) in [7, 11) is 1.90. The highest BCUT2D eigenvalue weighted by Gasteiger charge is 2.25. The molecule has 1 aromatic carbocycles. The minimum absolute atomic E-state index is 0.130. The van der Waals surface area contributed by atoms with Crippen LogP contribution in [-0.4, -0.2) is 66.0 Å². The molecule has 8 heteroatoms. The van der Waals surface area contributed by atoms with Gasteiger partial charge < -0.3 is 20.4 Å². The van der Waals surface area contributed by atoms with Crippen LogP contribution in [0.15, 0.2) is 36.4 Å². The van der Waals surface area contributed by atoms with Gasteiger partial charge in [0.05, 0.1) is 6.42 Å². The Morgan fingerprint density at radius 3 is 2.38 bits per heavy atom.